The van der Waals surface area contributed by atoms with Crippen molar-refractivity contribution in [3.8, 4) is 22.6 Å². The van der Waals surface area contributed by atoms with Crippen LogP contribution in [0, 0.1) is 0 Å². The van der Waals surface area contributed by atoms with Gasteiger partial charge in [0.05, 0.1) is 60.8 Å². The Balaban J connectivity index is 1.89. The molecule has 3 aromatic rings. The molecular formula is C30H31Cl2NO8. The van der Waals surface area contributed by atoms with Crippen LogP contribution in [-0.4, -0.2) is 57.4 Å². The predicted octanol–water partition coefficient (Wildman–Crippen LogP) is 5.21. The molecule has 41 heavy (non-hydrogen) atoms. The van der Waals surface area contributed by atoms with E-state index in [1.807, 2.05) is 12.1 Å². The van der Waals surface area contributed by atoms with Crippen molar-refractivity contribution < 1.29 is 38.4 Å². The van der Waals surface area contributed by atoms with Crippen molar-refractivity contribution in [3.05, 3.63) is 80.8 Å². The van der Waals surface area contributed by atoms with Gasteiger partial charge in [0, 0.05) is 6.42 Å². The highest BCUT2D eigenvalue weighted by Crippen LogP contribution is 2.42. The molecule has 9 nitrogen and oxygen atoms in total. The van der Waals surface area contributed by atoms with Crippen LogP contribution < -0.4 is 14.8 Å². The first kappa shape index (κ1) is 31.7. The van der Waals surface area contributed by atoms with Crippen LogP contribution in [0.5, 0.6) is 11.5 Å². The van der Waals surface area contributed by atoms with E-state index >= 15 is 0 Å². The highest BCUT2D eigenvalue weighted by Gasteiger charge is 2.27. The van der Waals surface area contributed by atoms with E-state index < -0.39 is 29.5 Å². The van der Waals surface area contributed by atoms with Gasteiger partial charge in [-0.05, 0) is 54.8 Å². The number of methoxy groups -OCH3 is 4. The van der Waals surface area contributed by atoms with Crippen molar-refractivity contribution in [2.24, 2.45) is 0 Å². The van der Waals surface area contributed by atoms with Crippen molar-refractivity contribution in [1.29, 1.82) is 0 Å². The van der Waals surface area contributed by atoms with Gasteiger partial charge in [0.25, 0.3) is 5.91 Å². The number of nitrogens with one attached hydrogen (secondary N) is 1. The lowest BCUT2D eigenvalue weighted by Gasteiger charge is -2.22. The maximum atomic E-state index is 13.1. The predicted molar refractivity (Wildman–Crippen MR) is 155 cm³/mol. The zero-order valence-electron chi connectivity index (χ0n) is 23.5. The smallest absolute Gasteiger partial charge is 0.337 e. The van der Waals surface area contributed by atoms with Crippen LogP contribution in [0.25, 0.3) is 11.1 Å². The summed E-state index contributed by atoms with van der Waals surface area (Å²) in [4.78, 5) is 37.5. The number of rotatable bonds is 10. The van der Waals surface area contributed by atoms with Gasteiger partial charge >= 0.3 is 11.9 Å². The van der Waals surface area contributed by atoms with E-state index in [-0.39, 0.29) is 27.6 Å². The maximum absolute atomic E-state index is 13.1. The fourth-order valence-corrected chi connectivity index (χ4v) is 4.84. The van der Waals surface area contributed by atoms with E-state index in [2.05, 4.69) is 10.1 Å². The molecule has 3 aromatic carbocycles. The molecule has 0 aliphatic heterocycles. The lowest BCUT2D eigenvalue weighted by Crippen LogP contribution is -2.43. The maximum Gasteiger partial charge on any atom is 0.337 e. The molecule has 0 spiro atoms. The number of halogens is 2. The Morgan fingerprint density at radius 3 is 1.85 bits per heavy atom. The molecule has 0 aromatic heterocycles. The van der Waals surface area contributed by atoms with Gasteiger partial charge in [-0.2, -0.15) is 0 Å². The second-order valence-corrected chi connectivity index (χ2v) is 10.4. The van der Waals surface area contributed by atoms with E-state index in [1.54, 1.807) is 38.1 Å². The zero-order valence-corrected chi connectivity index (χ0v) is 25.0. The Labute approximate surface area is 248 Å². The Morgan fingerprint density at radius 1 is 0.878 bits per heavy atom. The third kappa shape index (κ3) is 7.30. The quantitative estimate of drug-likeness (QED) is 0.303. The molecule has 0 aliphatic rings. The summed E-state index contributed by atoms with van der Waals surface area (Å²) in [6.07, 6.45) is 0.0973. The number of esters is 2. The van der Waals surface area contributed by atoms with Gasteiger partial charge in [-0.25, -0.2) is 9.59 Å². The second-order valence-electron chi connectivity index (χ2n) is 9.57. The number of amides is 1. The van der Waals surface area contributed by atoms with E-state index in [0.29, 0.717) is 28.2 Å². The number of hydrogen-bond acceptors (Lipinski definition) is 8. The number of carbonyl (C=O) groups is 3. The van der Waals surface area contributed by atoms with Gasteiger partial charge in [-0.15, -0.1) is 0 Å². The summed E-state index contributed by atoms with van der Waals surface area (Å²) in [5, 5.41) is 12.9. The number of carbonyl (C=O) groups excluding carboxylic acids is 3. The van der Waals surface area contributed by atoms with Gasteiger partial charge in [0.15, 0.2) is 0 Å². The lowest BCUT2D eigenvalue weighted by molar-refractivity contribution is -0.142. The van der Waals surface area contributed by atoms with Gasteiger partial charge in [-0.1, -0.05) is 47.5 Å². The molecule has 3 rings (SSSR count). The van der Waals surface area contributed by atoms with Crippen LogP contribution in [0.1, 0.15) is 45.7 Å². The summed E-state index contributed by atoms with van der Waals surface area (Å²) >= 11 is 12.5. The molecule has 0 heterocycles. The minimum Gasteiger partial charge on any atom is -0.496 e. The Bertz CT molecular complexity index is 1400. The van der Waals surface area contributed by atoms with E-state index in [9.17, 15) is 19.5 Å². The van der Waals surface area contributed by atoms with Crippen molar-refractivity contribution >= 4 is 41.0 Å². The van der Waals surface area contributed by atoms with E-state index in [1.165, 1.54) is 40.6 Å². The molecule has 0 fully saturated rings. The summed E-state index contributed by atoms with van der Waals surface area (Å²) in [7, 11) is 5.49. The Hall–Kier alpha value is -3.79. The molecule has 0 radical (unpaired) electrons. The Morgan fingerprint density at radius 2 is 1.41 bits per heavy atom. The molecule has 0 aliphatic carbocycles. The van der Waals surface area contributed by atoms with Gasteiger partial charge < -0.3 is 29.4 Å². The monoisotopic (exact) mass is 603 g/mol. The average Bonchev–Trinajstić information content (AvgIpc) is 2.94. The van der Waals surface area contributed by atoms with Gasteiger partial charge in [0.1, 0.15) is 17.5 Å². The standard InChI is InChI=1S/C30H31Cl2NO8/c1-30(2,37)19-14-23(38-3)25(24(15-19)39-4)17-9-7-16(8-10-17)11-22(29(36)41-6)33-27(34)26-20(31)12-18(13-21(26)32)28(35)40-5/h7-10,12-15,22,37H,11H2,1-6H3,(H,33,34)/t22-/m0/s1. The van der Waals surface area contributed by atoms with Crippen LogP contribution in [-0.2, 0) is 26.3 Å². The summed E-state index contributed by atoms with van der Waals surface area (Å²) in [6.45, 7) is 3.34. The molecule has 0 saturated carbocycles. The van der Waals surface area contributed by atoms with Crippen molar-refractivity contribution in [2.75, 3.05) is 28.4 Å². The summed E-state index contributed by atoms with van der Waals surface area (Å²) in [6, 6.07) is 12.2. The molecule has 1 amide bonds. The fraction of sp³-hybridized carbons (Fsp3) is 0.300. The summed E-state index contributed by atoms with van der Waals surface area (Å²) < 4.78 is 20.8. The number of ether oxygens (including phenoxy) is 4. The largest absolute Gasteiger partial charge is 0.496 e. The van der Waals surface area contributed by atoms with Gasteiger partial charge in [0.2, 0.25) is 0 Å². The first-order valence-corrected chi connectivity index (χ1v) is 13.1. The van der Waals surface area contributed by atoms with Crippen molar-refractivity contribution in [2.45, 2.75) is 31.9 Å². The average molecular weight is 604 g/mol. The van der Waals surface area contributed by atoms with Crippen molar-refractivity contribution in [3.63, 3.8) is 0 Å². The first-order valence-electron chi connectivity index (χ1n) is 12.4. The molecule has 0 saturated heterocycles. The summed E-state index contributed by atoms with van der Waals surface area (Å²) in [5.41, 5.74) is 1.68. The van der Waals surface area contributed by atoms with Crippen molar-refractivity contribution in [1.82, 2.24) is 5.32 Å². The molecule has 2 N–H and O–H groups in total. The van der Waals surface area contributed by atoms with Crippen LogP contribution >= 0.6 is 23.2 Å². The fourth-order valence-electron chi connectivity index (χ4n) is 4.18. The number of hydrogen-bond donors (Lipinski definition) is 2. The van der Waals surface area contributed by atoms with Crippen LogP contribution in [0.2, 0.25) is 10.0 Å². The number of benzene rings is 3. The highest BCUT2D eigenvalue weighted by molar-refractivity contribution is 6.40. The second kappa shape index (κ2) is 13.2. The molecule has 0 unspecified atom stereocenters. The lowest BCUT2D eigenvalue weighted by atomic mass is 9.93. The molecule has 218 valence electrons. The van der Waals surface area contributed by atoms with E-state index in [0.717, 1.165) is 5.56 Å². The summed E-state index contributed by atoms with van der Waals surface area (Å²) in [5.74, 6) is -1.03. The molecular weight excluding hydrogens is 573 g/mol. The topological polar surface area (TPSA) is 120 Å². The Kier molecular flexibility index (Phi) is 10.3. The van der Waals surface area contributed by atoms with Crippen LogP contribution in [0.4, 0.5) is 0 Å². The minimum atomic E-state index is -1.10. The zero-order chi connectivity index (χ0) is 30.5. The molecule has 1 atom stereocenters. The normalized spacial score (nSPS) is 11.8. The first-order chi connectivity index (χ1) is 19.3. The minimum absolute atomic E-state index is 0.0756. The van der Waals surface area contributed by atoms with Crippen LogP contribution in [0.15, 0.2) is 48.5 Å². The van der Waals surface area contributed by atoms with E-state index in [4.69, 9.17) is 37.4 Å². The highest BCUT2D eigenvalue weighted by atomic mass is 35.5. The molecule has 0 bridgehead atoms. The third-order valence-electron chi connectivity index (χ3n) is 6.38. The third-order valence-corrected chi connectivity index (χ3v) is 6.97. The molecule has 11 heteroatoms. The van der Waals surface area contributed by atoms with Crippen LogP contribution in [0.3, 0.4) is 0 Å². The SMILES string of the molecule is COC(=O)c1cc(Cl)c(C(=O)N[C@@H](Cc2ccc(-c3c(OC)cc(C(C)(C)O)cc3OC)cc2)C(=O)OC)c(Cl)c1. The van der Waals surface area contributed by atoms with Gasteiger partial charge in [-0.3, -0.25) is 4.79 Å². The number of aliphatic hydroxyl groups is 1.